The molecule has 0 spiro atoms. The van der Waals surface area contributed by atoms with Crippen molar-refractivity contribution in [3.8, 4) is 0 Å². The highest BCUT2D eigenvalue weighted by atomic mass is 15.2. The van der Waals surface area contributed by atoms with E-state index in [4.69, 9.17) is 0 Å². The minimum absolute atomic E-state index is 0.641. The highest BCUT2D eigenvalue weighted by molar-refractivity contribution is 5.07. The highest BCUT2D eigenvalue weighted by Gasteiger charge is 2.35. The van der Waals surface area contributed by atoms with E-state index >= 15 is 0 Å². The second-order valence-electron chi connectivity index (χ2n) is 7.27. The maximum Gasteiger partial charge on any atom is 0.0522 e. The number of aryl methyl sites for hydroxylation is 1. The van der Waals surface area contributed by atoms with Crippen molar-refractivity contribution in [3.05, 3.63) is 18.0 Å². The van der Waals surface area contributed by atoms with Gasteiger partial charge >= 0.3 is 0 Å². The normalized spacial score (nSPS) is 30.9. The summed E-state index contributed by atoms with van der Waals surface area (Å²) in [4.78, 5) is 0. The fourth-order valence-corrected chi connectivity index (χ4v) is 4.77. The first-order valence-electron chi connectivity index (χ1n) is 8.97. The first-order chi connectivity index (χ1) is 10.3. The average Bonchev–Trinajstić information content (AvgIpc) is 2.91. The van der Waals surface area contributed by atoms with Gasteiger partial charge in [-0.15, -0.1) is 0 Å². The first kappa shape index (κ1) is 15.1. The standard InChI is InChI=1S/C18H31N3/c1-3-19-18(10-14-12-20-21(2)13-14)17-9-8-15-6-4-5-7-16(15)11-17/h12-13,15-19H,3-11H2,1-2H3. The third-order valence-corrected chi connectivity index (χ3v) is 5.83. The van der Waals surface area contributed by atoms with E-state index in [9.17, 15) is 0 Å². The van der Waals surface area contributed by atoms with E-state index in [2.05, 4.69) is 23.5 Å². The Labute approximate surface area is 129 Å². The number of nitrogens with zero attached hydrogens (tertiary/aromatic N) is 2. The summed E-state index contributed by atoms with van der Waals surface area (Å²) >= 11 is 0. The zero-order chi connectivity index (χ0) is 14.7. The van der Waals surface area contributed by atoms with Crippen LogP contribution in [0.3, 0.4) is 0 Å². The number of likely N-dealkylation sites (N-methyl/N-ethyl adjacent to an activating group) is 1. The van der Waals surface area contributed by atoms with E-state index in [1.165, 1.54) is 50.5 Å². The Kier molecular flexibility index (Phi) is 4.99. The summed E-state index contributed by atoms with van der Waals surface area (Å²) in [5, 5.41) is 8.10. The van der Waals surface area contributed by atoms with Gasteiger partial charge in [-0.05, 0) is 55.5 Å². The van der Waals surface area contributed by atoms with Gasteiger partial charge in [-0.2, -0.15) is 5.10 Å². The number of fused-ring (bicyclic) bond motifs is 1. The summed E-state index contributed by atoms with van der Waals surface area (Å²) in [6.45, 7) is 3.32. The smallest absolute Gasteiger partial charge is 0.0522 e. The SMILES string of the molecule is CCNC(Cc1cnn(C)c1)C1CCC2CCCCC2C1. The van der Waals surface area contributed by atoms with E-state index in [-0.39, 0.29) is 0 Å². The fourth-order valence-electron chi connectivity index (χ4n) is 4.77. The van der Waals surface area contributed by atoms with Crippen LogP contribution in [0.1, 0.15) is 57.4 Å². The largest absolute Gasteiger partial charge is 0.314 e. The summed E-state index contributed by atoms with van der Waals surface area (Å²) < 4.78 is 1.93. The van der Waals surface area contributed by atoms with Crippen molar-refractivity contribution in [2.24, 2.45) is 24.8 Å². The number of nitrogens with one attached hydrogen (secondary N) is 1. The maximum atomic E-state index is 4.33. The van der Waals surface area contributed by atoms with Gasteiger partial charge in [0.05, 0.1) is 6.20 Å². The topological polar surface area (TPSA) is 29.9 Å². The van der Waals surface area contributed by atoms with Gasteiger partial charge in [0.1, 0.15) is 0 Å². The van der Waals surface area contributed by atoms with E-state index < -0.39 is 0 Å². The lowest BCUT2D eigenvalue weighted by atomic mass is 9.65. The molecule has 1 N–H and O–H groups in total. The molecule has 2 fully saturated rings. The lowest BCUT2D eigenvalue weighted by molar-refractivity contribution is 0.109. The highest BCUT2D eigenvalue weighted by Crippen LogP contribution is 2.43. The quantitative estimate of drug-likeness (QED) is 0.898. The lowest BCUT2D eigenvalue weighted by Crippen LogP contribution is -2.42. The molecule has 3 heteroatoms. The number of aromatic nitrogens is 2. The van der Waals surface area contributed by atoms with Gasteiger partial charge in [-0.1, -0.05) is 32.6 Å². The first-order valence-corrected chi connectivity index (χ1v) is 8.97. The van der Waals surface area contributed by atoms with Crippen molar-refractivity contribution < 1.29 is 0 Å². The van der Waals surface area contributed by atoms with Crippen molar-refractivity contribution in [1.82, 2.24) is 15.1 Å². The van der Waals surface area contributed by atoms with Crippen LogP contribution in [0, 0.1) is 17.8 Å². The van der Waals surface area contributed by atoms with Crippen LogP contribution in [0.2, 0.25) is 0 Å². The number of rotatable bonds is 5. The molecule has 0 aromatic carbocycles. The molecule has 21 heavy (non-hydrogen) atoms. The van der Waals surface area contributed by atoms with Gasteiger partial charge in [0.25, 0.3) is 0 Å². The Morgan fingerprint density at radius 1 is 1.24 bits per heavy atom. The molecular formula is C18H31N3. The summed E-state index contributed by atoms with van der Waals surface area (Å²) in [7, 11) is 2.01. The van der Waals surface area contributed by atoms with Crippen molar-refractivity contribution >= 4 is 0 Å². The van der Waals surface area contributed by atoms with Crippen molar-refractivity contribution in [1.29, 1.82) is 0 Å². The van der Waals surface area contributed by atoms with Crippen molar-refractivity contribution in [2.75, 3.05) is 6.54 Å². The Bertz CT molecular complexity index is 439. The maximum absolute atomic E-state index is 4.33. The Balaban J connectivity index is 1.63. The molecule has 0 saturated heterocycles. The molecule has 4 atom stereocenters. The molecule has 1 aromatic heterocycles. The summed E-state index contributed by atoms with van der Waals surface area (Å²) in [6, 6.07) is 0.641. The molecule has 3 rings (SSSR count). The molecule has 2 aliphatic rings. The van der Waals surface area contributed by atoms with Crippen LogP contribution in [0.5, 0.6) is 0 Å². The molecule has 1 heterocycles. The fraction of sp³-hybridized carbons (Fsp3) is 0.833. The average molecular weight is 289 g/mol. The number of hydrogen-bond acceptors (Lipinski definition) is 2. The molecule has 2 aliphatic carbocycles. The lowest BCUT2D eigenvalue weighted by Gasteiger charge is -2.42. The second kappa shape index (κ2) is 6.95. The Morgan fingerprint density at radius 2 is 2.05 bits per heavy atom. The van der Waals surface area contributed by atoms with Crippen LogP contribution in [0.4, 0.5) is 0 Å². The molecule has 0 radical (unpaired) electrons. The zero-order valence-corrected chi connectivity index (χ0v) is 13.7. The number of hydrogen-bond donors (Lipinski definition) is 1. The molecule has 4 unspecified atom stereocenters. The summed E-state index contributed by atoms with van der Waals surface area (Å²) in [5.74, 6) is 2.94. The minimum atomic E-state index is 0.641. The third-order valence-electron chi connectivity index (χ3n) is 5.83. The zero-order valence-electron chi connectivity index (χ0n) is 13.7. The van der Waals surface area contributed by atoms with Crippen molar-refractivity contribution in [2.45, 2.75) is 64.3 Å². The van der Waals surface area contributed by atoms with Gasteiger partial charge in [-0.3, -0.25) is 4.68 Å². The molecule has 0 aliphatic heterocycles. The predicted octanol–water partition coefficient (Wildman–Crippen LogP) is 3.55. The molecule has 0 amide bonds. The third kappa shape index (κ3) is 3.68. The van der Waals surface area contributed by atoms with Crippen LogP contribution in [-0.2, 0) is 13.5 Å². The van der Waals surface area contributed by atoms with Crippen LogP contribution in [0.25, 0.3) is 0 Å². The molecule has 3 nitrogen and oxygen atoms in total. The van der Waals surface area contributed by atoms with Gasteiger partial charge in [0, 0.05) is 19.3 Å². The molecular weight excluding hydrogens is 258 g/mol. The van der Waals surface area contributed by atoms with Gasteiger partial charge in [0.15, 0.2) is 0 Å². The summed E-state index contributed by atoms with van der Waals surface area (Å²) in [5.41, 5.74) is 1.38. The van der Waals surface area contributed by atoms with Gasteiger partial charge < -0.3 is 5.32 Å². The minimum Gasteiger partial charge on any atom is -0.314 e. The van der Waals surface area contributed by atoms with Gasteiger partial charge in [-0.25, -0.2) is 0 Å². The molecule has 2 saturated carbocycles. The second-order valence-corrected chi connectivity index (χ2v) is 7.27. The monoisotopic (exact) mass is 289 g/mol. The van der Waals surface area contributed by atoms with E-state index in [0.717, 1.165) is 30.7 Å². The Morgan fingerprint density at radius 3 is 2.76 bits per heavy atom. The van der Waals surface area contributed by atoms with Gasteiger partial charge in [0.2, 0.25) is 0 Å². The van der Waals surface area contributed by atoms with E-state index in [1.54, 1.807) is 0 Å². The van der Waals surface area contributed by atoms with E-state index in [0.29, 0.717) is 6.04 Å². The Hall–Kier alpha value is -0.830. The predicted molar refractivity (Wildman–Crippen MR) is 87.2 cm³/mol. The molecule has 1 aromatic rings. The molecule has 0 bridgehead atoms. The van der Waals surface area contributed by atoms with Crippen LogP contribution < -0.4 is 5.32 Å². The van der Waals surface area contributed by atoms with Crippen LogP contribution >= 0.6 is 0 Å². The van der Waals surface area contributed by atoms with E-state index in [1.807, 2.05) is 17.9 Å². The summed E-state index contributed by atoms with van der Waals surface area (Å²) in [6.07, 6.45) is 15.7. The molecule has 118 valence electrons. The van der Waals surface area contributed by atoms with Crippen LogP contribution in [0.15, 0.2) is 12.4 Å². The van der Waals surface area contributed by atoms with Crippen molar-refractivity contribution in [3.63, 3.8) is 0 Å². The van der Waals surface area contributed by atoms with Crippen LogP contribution in [-0.4, -0.2) is 22.4 Å².